The number of likely N-dealkylation sites (tertiary alicyclic amines) is 1. The van der Waals surface area contributed by atoms with Gasteiger partial charge in [0.2, 0.25) is 5.91 Å². The van der Waals surface area contributed by atoms with E-state index in [1.165, 1.54) is 4.63 Å². The first-order chi connectivity index (χ1) is 11.7. The predicted octanol–water partition coefficient (Wildman–Crippen LogP) is -0.444. The van der Waals surface area contributed by atoms with E-state index in [0.29, 0.717) is 11.6 Å². The molecule has 2 aromatic heterocycles. The van der Waals surface area contributed by atoms with Crippen LogP contribution in [-0.4, -0.2) is 75.3 Å². The minimum absolute atomic E-state index is 0.0476. The molecule has 24 heavy (non-hydrogen) atoms. The van der Waals surface area contributed by atoms with E-state index < -0.39 is 0 Å². The van der Waals surface area contributed by atoms with Crippen molar-refractivity contribution in [2.45, 2.75) is 25.3 Å². The van der Waals surface area contributed by atoms with Gasteiger partial charge in [-0.2, -0.15) is 0 Å². The Labute approximate surface area is 140 Å². The number of anilines is 1. The van der Waals surface area contributed by atoms with Crippen LogP contribution in [0.1, 0.15) is 19.3 Å². The van der Waals surface area contributed by atoms with Crippen LogP contribution in [0.5, 0.6) is 0 Å². The molecule has 0 radical (unpaired) electrons. The van der Waals surface area contributed by atoms with E-state index in [4.69, 9.17) is 0 Å². The van der Waals surface area contributed by atoms with Crippen molar-refractivity contribution in [1.82, 2.24) is 35.5 Å². The van der Waals surface area contributed by atoms with Crippen LogP contribution < -0.4 is 10.2 Å². The van der Waals surface area contributed by atoms with Gasteiger partial charge in [0.15, 0.2) is 11.5 Å². The Balaban J connectivity index is 1.32. The zero-order valence-electron chi connectivity index (χ0n) is 13.8. The molecule has 0 aromatic carbocycles. The normalized spacial score (nSPS) is 24.8. The largest absolute Gasteiger partial charge is 0.355 e. The number of amides is 1. The number of carbonyl (C=O) groups is 1. The van der Waals surface area contributed by atoms with Gasteiger partial charge in [-0.25, -0.2) is 0 Å². The number of nitrogens with zero attached hydrogens (tertiary/aromatic N) is 7. The lowest BCUT2D eigenvalue weighted by Gasteiger charge is -2.20. The topological polar surface area (TPSA) is 91.5 Å². The highest BCUT2D eigenvalue weighted by atomic mass is 16.2. The minimum Gasteiger partial charge on any atom is -0.355 e. The van der Waals surface area contributed by atoms with Gasteiger partial charge in [-0.1, -0.05) is 0 Å². The first-order valence-electron chi connectivity index (χ1n) is 8.49. The van der Waals surface area contributed by atoms with Crippen LogP contribution in [0.2, 0.25) is 0 Å². The molecule has 2 fully saturated rings. The van der Waals surface area contributed by atoms with E-state index in [1.807, 2.05) is 19.2 Å². The SMILES string of the molecule is CN1CCC[C@@H]1C(=O)NCC1CCN(c2ccc3nnnn3n2)C1. The third-order valence-corrected chi connectivity index (χ3v) is 5.05. The zero-order valence-corrected chi connectivity index (χ0v) is 13.8. The summed E-state index contributed by atoms with van der Waals surface area (Å²) in [7, 11) is 2.02. The summed E-state index contributed by atoms with van der Waals surface area (Å²) in [6.07, 6.45) is 3.13. The van der Waals surface area contributed by atoms with Gasteiger partial charge in [-0.3, -0.25) is 9.69 Å². The van der Waals surface area contributed by atoms with Gasteiger partial charge in [0.1, 0.15) is 0 Å². The van der Waals surface area contributed by atoms with Crippen molar-refractivity contribution in [3.8, 4) is 0 Å². The lowest BCUT2D eigenvalue weighted by molar-refractivity contribution is -0.125. The molecule has 2 atom stereocenters. The van der Waals surface area contributed by atoms with Gasteiger partial charge >= 0.3 is 0 Å². The van der Waals surface area contributed by atoms with E-state index in [0.717, 1.165) is 51.3 Å². The van der Waals surface area contributed by atoms with Crippen LogP contribution in [0.4, 0.5) is 5.82 Å². The second-order valence-corrected chi connectivity index (χ2v) is 6.70. The summed E-state index contributed by atoms with van der Waals surface area (Å²) in [6.45, 7) is 3.57. The summed E-state index contributed by atoms with van der Waals surface area (Å²) >= 11 is 0. The number of carbonyl (C=O) groups excluding carboxylic acids is 1. The van der Waals surface area contributed by atoms with Crippen LogP contribution in [0.25, 0.3) is 5.65 Å². The first-order valence-corrected chi connectivity index (χ1v) is 8.49. The molecule has 2 aliphatic heterocycles. The molecule has 0 spiro atoms. The van der Waals surface area contributed by atoms with Crippen LogP contribution in [-0.2, 0) is 4.79 Å². The standard InChI is InChI=1S/C15H22N8O/c1-21-7-2-3-12(21)15(24)16-9-11-6-8-22(10-11)14-5-4-13-17-19-20-23(13)18-14/h4-5,11-12H,2-3,6-10H2,1H3,(H,16,24)/t11?,12-/m1/s1. The first kappa shape index (κ1) is 15.3. The molecule has 2 saturated heterocycles. The third kappa shape index (κ3) is 2.91. The molecule has 2 aromatic rings. The lowest BCUT2D eigenvalue weighted by Crippen LogP contribution is -2.43. The van der Waals surface area contributed by atoms with Crippen molar-refractivity contribution in [1.29, 1.82) is 0 Å². The average Bonchev–Trinajstić information content (AvgIpc) is 3.32. The highest BCUT2D eigenvalue weighted by Gasteiger charge is 2.29. The van der Waals surface area contributed by atoms with Crippen LogP contribution in [0.3, 0.4) is 0 Å². The van der Waals surface area contributed by atoms with Gasteiger partial charge in [0, 0.05) is 19.6 Å². The van der Waals surface area contributed by atoms with E-state index in [9.17, 15) is 4.79 Å². The van der Waals surface area contributed by atoms with E-state index in [1.54, 1.807) is 0 Å². The summed E-state index contributed by atoms with van der Waals surface area (Å²) in [6, 6.07) is 3.86. The molecule has 0 aliphatic carbocycles. The van der Waals surface area contributed by atoms with Crippen LogP contribution >= 0.6 is 0 Å². The second-order valence-electron chi connectivity index (χ2n) is 6.70. The molecule has 0 bridgehead atoms. The molecule has 1 N–H and O–H groups in total. The fraction of sp³-hybridized carbons (Fsp3) is 0.667. The van der Waals surface area contributed by atoms with Gasteiger partial charge in [0.25, 0.3) is 0 Å². The number of hydrogen-bond acceptors (Lipinski definition) is 7. The molecule has 0 saturated carbocycles. The maximum absolute atomic E-state index is 12.3. The van der Waals surface area contributed by atoms with E-state index >= 15 is 0 Å². The number of likely N-dealkylation sites (N-methyl/N-ethyl adjacent to an activating group) is 1. The Kier molecular flexibility index (Phi) is 4.01. The van der Waals surface area contributed by atoms with Crippen molar-refractivity contribution in [2.24, 2.45) is 5.92 Å². The summed E-state index contributed by atoms with van der Waals surface area (Å²) in [5, 5.41) is 18.9. The molecule has 1 amide bonds. The summed E-state index contributed by atoms with van der Waals surface area (Å²) < 4.78 is 1.44. The molecular weight excluding hydrogens is 308 g/mol. The molecule has 128 valence electrons. The third-order valence-electron chi connectivity index (χ3n) is 5.05. The number of fused-ring (bicyclic) bond motifs is 1. The van der Waals surface area contributed by atoms with Crippen molar-refractivity contribution in [3.05, 3.63) is 12.1 Å². The fourth-order valence-corrected chi connectivity index (χ4v) is 3.62. The van der Waals surface area contributed by atoms with Gasteiger partial charge in [-0.15, -0.1) is 14.8 Å². The van der Waals surface area contributed by atoms with Crippen molar-refractivity contribution >= 4 is 17.4 Å². The monoisotopic (exact) mass is 330 g/mol. The highest BCUT2D eigenvalue weighted by molar-refractivity contribution is 5.82. The Hall–Kier alpha value is -2.29. The summed E-state index contributed by atoms with van der Waals surface area (Å²) in [5.41, 5.74) is 0.641. The average molecular weight is 330 g/mol. The molecule has 4 rings (SSSR count). The molecule has 9 heteroatoms. The second kappa shape index (κ2) is 6.31. The molecule has 4 heterocycles. The fourth-order valence-electron chi connectivity index (χ4n) is 3.62. The number of tetrazole rings is 1. The van der Waals surface area contributed by atoms with Crippen molar-refractivity contribution in [2.75, 3.05) is 38.1 Å². The highest BCUT2D eigenvalue weighted by Crippen LogP contribution is 2.22. The van der Waals surface area contributed by atoms with Crippen LogP contribution in [0, 0.1) is 5.92 Å². The van der Waals surface area contributed by atoms with Gasteiger partial charge in [0.05, 0.1) is 6.04 Å². The van der Waals surface area contributed by atoms with Gasteiger partial charge in [-0.05, 0) is 61.3 Å². The lowest BCUT2D eigenvalue weighted by atomic mass is 10.1. The minimum atomic E-state index is 0.0476. The number of hydrogen-bond donors (Lipinski definition) is 1. The smallest absolute Gasteiger partial charge is 0.237 e. The molecular formula is C15H22N8O. The van der Waals surface area contributed by atoms with Crippen molar-refractivity contribution in [3.63, 3.8) is 0 Å². The maximum atomic E-state index is 12.3. The Bertz CT molecular complexity index is 731. The number of rotatable bonds is 4. The number of aromatic nitrogens is 5. The quantitative estimate of drug-likeness (QED) is 0.812. The molecule has 1 unspecified atom stereocenters. The van der Waals surface area contributed by atoms with Gasteiger partial charge < -0.3 is 10.2 Å². The summed E-state index contributed by atoms with van der Waals surface area (Å²) in [4.78, 5) is 16.6. The Morgan fingerprint density at radius 1 is 1.33 bits per heavy atom. The Morgan fingerprint density at radius 2 is 2.25 bits per heavy atom. The summed E-state index contributed by atoms with van der Waals surface area (Å²) in [5.74, 6) is 1.49. The zero-order chi connectivity index (χ0) is 16.5. The molecule has 2 aliphatic rings. The maximum Gasteiger partial charge on any atom is 0.237 e. The Morgan fingerprint density at radius 3 is 3.08 bits per heavy atom. The van der Waals surface area contributed by atoms with Crippen molar-refractivity contribution < 1.29 is 4.79 Å². The predicted molar refractivity (Wildman–Crippen MR) is 87.6 cm³/mol. The van der Waals surface area contributed by atoms with Crippen LogP contribution in [0.15, 0.2) is 12.1 Å². The number of nitrogens with one attached hydrogen (secondary N) is 1. The molecule has 9 nitrogen and oxygen atoms in total. The van der Waals surface area contributed by atoms with E-state index in [2.05, 4.69) is 35.7 Å². The van der Waals surface area contributed by atoms with E-state index in [-0.39, 0.29) is 11.9 Å².